The number of amides is 1. The Bertz CT molecular complexity index is 1240. The number of aryl methyl sites for hydroxylation is 2. The van der Waals surface area contributed by atoms with Crippen LogP contribution in [0.3, 0.4) is 0 Å². The lowest BCUT2D eigenvalue weighted by molar-refractivity contribution is -0.113. The molecule has 31 heavy (non-hydrogen) atoms. The van der Waals surface area contributed by atoms with E-state index in [9.17, 15) is 4.79 Å². The number of benzene rings is 2. The van der Waals surface area contributed by atoms with Crippen LogP contribution < -0.4 is 5.32 Å². The third-order valence-corrected chi connectivity index (χ3v) is 6.40. The maximum absolute atomic E-state index is 12.3. The molecule has 4 rings (SSSR count). The Morgan fingerprint density at radius 1 is 1.10 bits per heavy atom. The quantitative estimate of drug-likeness (QED) is 0.344. The minimum atomic E-state index is -0.115. The average molecular weight is 517 g/mol. The summed E-state index contributed by atoms with van der Waals surface area (Å²) in [5.74, 6) is 0.629. The van der Waals surface area contributed by atoms with Crippen LogP contribution >= 0.6 is 39.3 Å². The molecule has 0 aliphatic heterocycles. The van der Waals surface area contributed by atoms with Gasteiger partial charge in [0.15, 0.2) is 0 Å². The molecule has 4 aromatic rings. The number of nitrogens with one attached hydrogen (secondary N) is 1. The van der Waals surface area contributed by atoms with E-state index in [1.165, 1.54) is 11.8 Å². The molecule has 0 aliphatic rings. The number of carbonyl (C=O) groups excluding carboxylic acids is 1. The van der Waals surface area contributed by atoms with Crippen LogP contribution in [0.5, 0.6) is 0 Å². The molecule has 0 radical (unpaired) electrons. The summed E-state index contributed by atoms with van der Waals surface area (Å²) in [5, 5.41) is 8.66. The molecule has 0 aliphatic carbocycles. The Morgan fingerprint density at radius 3 is 2.52 bits per heavy atom. The van der Waals surface area contributed by atoms with Gasteiger partial charge in [-0.2, -0.15) is 4.98 Å². The first kappa shape index (κ1) is 21.8. The molecule has 0 atom stereocenters. The van der Waals surface area contributed by atoms with Gasteiger partial charge in [-0.05, 0) is 61.4 Å². The van der Waals surface area contributed by atoms with E-state index in [0.717, 1.165) is 39.1 Å². The van der Waals surface area contributed by atoms with Crippen molar-refractivity contribution in [1.29, 1.82) is 0 Å². The first-order chi connectivity index (χ1) is 14.9. The molecule has 0 spiro atoms. The summed E-state index contributed by atoms with van der Waals surface area (Å²) in [6, 6.07) is 15.2. The standard InChI is InChI=1S/C22H19BrClN5OS/c1-13-19(11-15-3-7-17(24)8-4-15)14(2)29-21(25-13)27-22(28-29)31-12-20(30)26-18-9-5-16(23)6-10-18/h3-10H,11-12H2,1-2H3,(H,26,30). The van der Waals surface area contributed by atoms with Crippen molar-refractivity contribution < 1.29 is 4.79 Å². The average Bonchev–Trinajstić information content (AvgIpc) is 3.16. The first-order valence-electron chi connectivity index (χ1n) is 9.54. The van der Waals surface area contributed by atoms with Crippen LogP contribution in [-0.2, 0) is 11.2 Å². The molecule has 2 aromatic heterocycles. The van der Waals surface area contributed by atoms with Gasteiger partial charge in [0.25, 0.3) is 5.78 Å². The van der Waals surface area contributed by atoms with E-state index in [-0.39, 0.29) is 11.7 Å². The summed E-state index contributed by atoms with van der Waals surface area (Å²) in [7, 11) is 0. The maximum atomic E-state index is 12.3. The topological polar surface area (TPSA) is 72.2 Å². The highest BCUT2D eigenvalue weighted by Gasteiger charge is 2.15. The van der Waals surface area contributed by atoms with Gasteiger partial charge in [-0.25, -0.2) is 9.50 Å². The van der Waals surface area contributed by atoms with Crippen molar-refractivity contribution in [1.82, 2.24) is 19.6 Å². The third-order valence-electron chi connectivity index (χ3n) is 4.78. The van der Waals surface area contributed by atoms with Crippen molar-refractivity contribution >= 4 is 56.7 Å². The maximum Gasteiger partial charge on any atom is 0.253 e. The number of anilines is 1. The van der Waals surface area contributed by atoms with Gasteiger partial charge < -0.3 is 5.32 Å². The van der Waals surface area contributed by atoms with E-state index in [1.54, 1.807) is 4.52 Å². The number of fused-ring (bicyclic) bond motifs is 1. The number of hydrogen-bond donors (Lipinski definition) is 1. The fraction of sp³-hybridized carbons (Fsp3) is 0.182. The van der Waals surface area contributed by atoms with Crippen molar-refractivity contribution in [3.63, 3.8) is 0 Å². The Labute approximate surface area is 197 Å². The van der Waals surface area contributed by atoms with Crippen molar-refractivity contribution in [3.05, 3.63) is 80.5 Å². The molecule has 6 nitrogen and oxygen atoms in total. The minimum absolute atomic E-state index is 0.115. The molecule has 0 fully saturated rings. The zero-order valence-electron chi connectivity index (χ0n) is 16.9. The van der Waals surface area contributed by atoms with Gasteiger partial charge >= 0.3 is 0 Å². The van der Waals surface area contributed by atoms with Gasteiger partial charge in [0.2, 0.25) is 11.1 Å². The number of nitrogens with zero attached hydrogens (tertiary/aromatic N) is 4. The first-order valence-corrected chi connectivity index (χ1v) is 11.7. The molecule has 158 valence electrons. The number of halogens is 2. The second kappa shape index (κ2) is 9.38. The van der Waals surface area contributed by atoms with Crippen LogP contribution in [0.4, 0.5) is 5.69 Å². The van der Waals surface area contributed by atoms with Gasteiger partial charge in [-0.15, -0.1) is 5.10 Å². The number of hydrogen-bond acceptors (Lipinski definition) is 5. The molecule has 1 amide bonds. The summed E-state index contributed by atoms with van der Waals surface area (Å²) in [4.78, 5) is 21.4. The van der Waals surface area contributed by atoms with Crippen LogP contribution in [0.1, 0.15) is 22.5 Å². The van der Waals surface area contributed by atoms with Crippen molar-refractivity contribution in [3.8, 4) is 0 Å². The monoisotopic (exact) mass is 515 g/mol. The summed E-state index contributed by atoms with van der Waals surface area (Å²) < 4.78 is 2.70. The smallest absolute Gasteiger partial charge is 0.253 e. The molecule has 1 N–H and O–H groups in total. The molecule has 0 unspecified atom stereocenters. The Hall–Kier alpha value is -2.42. The molecular weight excluding hydrogens is 498 g/mol. The van der Waals surface area contributed by atoms with Crippen LogP contribution in [-0.4, -0.2) is 31.2 Å². The molecule has 2 aromatic carbocycles. The highest BCUT2D eigenvalue weighted by atomic mass is 79.9. The van der Waals surface area contributed by atoms with E-state index in [2.05, 4.69) is 36.3 Å². The lowest BCUT2D eigenvalue weighted by atomic mass is 10.0. The molecule has 0 bridgehead atoms. The van der Waals surface area contributed by atoms with E-state index in [4.69, 9.17) is 11.6 Å². The van der Waals surface area contributed by atoms with Gasteiger partial charge in [-0.1, -0.05) is 51.4 Å². The zero-order valence-corrected chi connectivity index (χ0v) is 20.1. The van der Waals surface area contributed by atoms with E-state index in [1.807, 2.05) is 62.4 Å². The summed E-state index contributed by atoms with van der Waals surface area (Å²) >= 11 is 10.7. The van der Waals surface area contributed by atoms with Crippen LogP contribution in [0.2, 0.25) is 5.02 Å². The minimum Gasteiger partial charge on any atom is -0.325 e. The summed E-state index contributed by atoms with van der Waals surface area (Å²) in [5.41, 5.74) is 4.89. The van der Waals surface area contributed by atoms with Crippen LogP contribution in [0, 0.1) is 13.8 Å². The second-order valence-electron chi connectivity index (χ2n) is 7.01. The van der Waals surface area contributed by atoms with E-state index < -0.39 is 0 Å². The lowest BCUT2D eigenvalue weighted by Gasteiger charge is -2.10. The number of rotatable bonds is 6. The largest absolute Gasteiger partial charge is 0.325 e. The second-order valence-corrected chi connectivity index (χ2v) is 9.31. The van der Waals surface area contributed by atoms with Gasteiger partial charge in [0, 0.05) is 33.0 Å². The number of carbonyl (C=O) groups is 1. The van der Waals surface area contributed by atoms with Crippen LogP contribution in [0.25, 0.3) is 5.78 Å². The summed E-state index contributed by atoms with van der Waals surface area (Å²) in [6.45, 7) is 3.99. The highest BCUT2D eigenvalue weighted by Crippen LogP contribution is 2.22. The van der Waals surface area contributed by atoms with E-state index >= 15 is 0 Å². The lowest BCUT2D eigenvalue weighted by Crippen LogP contribution is -2.14. The molecule has 0 saturated carbocycles. The molecule has 0 saturated heterocycles. The highest BCUT2D eigenvalue weighted by molar-refractivity contribution is 9.10. The van der Waals surface area contributed by atoms with Crippen molar-refractivity contribution in [2.45, 2.75) is 25.4 Å². The Balaban J connectivity index is 1.48. The predicted octanol–water partition coefficient (Wildman–Crippen LogP) is 5.48. The fourth-order valence-electron chi connectivity index (χ4n) is 3.17. The predicted molar refractivity (Wildman–Crippen MR) is 128 cm³/mol. The number of thioether (sulfide) groups is 1. The third kappa shape index (κ3) is 5.26. The SMILES string of the molecule is Cc1nc2nc(SCC(=O)Nc3ccc(Br)cc3)nn2c(C)c1Cc1ccc(Cl)cc1. The molecule has 9 heteroatoms. The van der Waals surface area contributed by atoms with E-state index in [0.29, 0.717) is 16.0 Å². The Morgan fingerprint density at radius 2 is 1.81 bits per heavy atom. The molecular formula is C22H19BrClN5OS. The van der Waals surface area contributed by atoms with Crippen LogP contribution in [0.15, 0.2) is 58.2 Å². The fourth-order valence-corrected chi connectivity index (χ4v) is 4.18. The summed E-state index contributed by atoms with van der Waals surface area (Å²) in [6.07, 6.45) is 0.732. The zero-order chi connectivity index (χ0) is 22.0. The van der Waals surface area contributed by atoms with Gasteiger partial charge in [0.1, 0.15) is 0 Å². The van der Waals surface area contributed by atoms with Crippen molar-refractivity contribution in [2.24, 2.45) is 0 Å². The van der Waals surface area contributed by atoms with Crippen molar-refractivity contribution in [2.75, 3.05) is 11.1 Å². The Kier molecular flexibility index (Phi) is 6.60. The normalized spacial score (nSPS) is 11.1. The van der Waals surface area contributed by atoms with Gasteiger partial charge in [0.05, 0.1) is 5.75 Å². The van der Waals surface area contributed by atoms with Gasteiger partial charge in [-0.3, -0.25) is 4.79 Å². The molecule has 2 heterocycles. The number of aromatic nitrogens is 4.